The molecule has 28 heavy (non-hydrogen) atoms. The molecule has 1 fully saturated rings. The molecule has 1 atom stereocenters. The number of rotatable bonds is 5. The molecule has 2 aromatic carbocycles. The number of nitrogens with one attached hydrogen (secondary N) is 1. The van der Waals surface area contributed by atoms with Gasteiger partial charge in [0.2, 0.25) is 0 Å². The van der Waals surface area contributed by atoms with Crippen molar-refractivity contribution in [3.8, 4) is 0 Å². The Morgan fingerprint density at radius 1 is 0.964 bits per heavy atom. The number of hydrogen-bond donors (Lipinski definition) is 1. The van der Waals surface area contributed by atoms with Gasteiger partial charge in [-0.2, -0.15) is 0 Å². The Kier molecular flexibility index (Phi) is 6.43. The normalized spacial score (nSPS) is 15.6. The lowest BCUT2D eigenvalue weighted by molar-refractivity contribution is -0.148. The number of sulfone groups is 1. The van der Waals surface area contributed by atoms with Crippen LogP contribution in [0, 0.1) is 0 Å². The summed E-state index contributed by atoms with van der Waals surface area (Å²) in [4.78, 5) is 26.1. The molecule has 0 spiro atoms. The first kappa shape index (κ1) is 20.0. The zero-order valence-electron chi connectivity index (χ0n) is 15.3. The van der Waals surface area contributed by atoms with Crippen molar-refractivity contribution in [2.24, 2.45) is 0 Å². The van der Waals surface area contributed by atoms with Crippen LogP contribution in [0.4, 0.5) is 0 Å². The number of morpholine rings is 1. The van der Waals surface area contributed by atoms with Gasteiger partial charge in [0.25, 0.3) is 0 Å². The molecule has 1 aliphatic heterocycles. The van der Waals surface area contributed by atoms with Crippen LogP contribution in [0.1, 0.15) is 10.8 Å². The van der Waals surface area contributed by atoms with Crippen LogP contribution < -0.4 is 5.32 Å². The smallest absolute Gasteiger partial charge is 0.312 e. The molecule has 8 heteroatoms. The number of hydrogen-bond acceptors (Lipinski definition) is 5. The van der Waals surface area contributed by atoms with Crippen molar-refractivity contribution in [1.29, 1.82) is 0 Å². The Morgan fingerprint density at radius 2 is 1.54 bits per heavy atom. The van der Waals surface area contributed by atoms with E-state index in [1.165, 1.54) is 17.0 Å². The van der Waals surface area contributed by atoms with Crippen molar-refractivity contribution >= 4 is 21.7 Å². The highest BCUT2D eigenvalue weighted by atomic mass is 32.2. The van der Waals surface area contributed by atoms with Gasteiger partial charge in [-0.1, -0.05) is 48.5 Å². The van der Waals surface area contributed by atoms with Crippen molar-refractivity contribution in [1.82, 2.24) is 10.2 Å². The first-order valence-corrected chi connectivity index (χ1v) is 10.5. The molecule has 1 N–H and O–H groups in total. The van der Waals surface area contributed by atoms with Gasteiger partial charge in [-0.25, -0.2) is 8.42 Å². The van der Waals surface area contributed by atoms with Gasteiger partial charge in [0.1, 0.15) is 5.25 Å². The lowest BCUT2D eigenvalue weighted by Gasteiger charge is -2.26. The largest absolute Gasteiger partial charge is 0.378 e. The Morgan fingerprint density at radius 3 is 2.14 bits per heavy atom. The van der Waals surface area contributed by atoms with Gasteiger partial charge in [-0.3, -0.25) is 9.59 Å². The van der Waals surface area contributed by atoms with Crippen LogP contribution in [0.3, 0.4) is 0 Å². The maximum Gasteiger partial charge on any atom is 0.312 e. The second kappa shape index (κ2) is 8.99. The Bertz CT molecular complexity index is 910. The van der Waals surface area contributed by atoms with Crippen LogP contribution >= 0.6 is 0 Å². The van der Waals surface area contributed by atoms with E-state index in [0.29, 0.717) is 31.9 Å². The molecule has 0 bridgehead atoms. The zero-order valence-corrected chi connectivity index (χ0v) is 16.1. The highest BCUT2D eigenvalue weighted by Gasteiger charge is 2.31. The van der Waals surface area contributed by atoms with Gasteiger partial charge >= 0.3 is 11.8 Å². The van der Waals surface area contributed by atoms with Crippen LogP contribution in [0.5, 0.6) is 0 Å². The summed E-state index contributed by atoms with van der Waals surface area (Å²) in [5.74, 6) is -1.49. The molecule has 0 aromatic heterocycles. The first-order valence-electron chi connectivity index (χ1n) is 8.99. The molecule has 0 radical (unpaired) electrons. The molecule has 2 aromatic rings. The summed E-state index contributed by atoms with van der Waals surface area (Å²) < 4.78 is 31.5. The predicted octanol–water partition coefficient (Wildman–Crippen LogP) is 1.18. The average molecular weight is 402 g/mol. The van der Waals surface area contributed by atoms with E-state index in [-0.39, 0.29) is 11.4 Å². The van der Waals surface area contributed by atoms with Gasteiger partial charge in [-0.05, 0) is 17.7 Å². The molecule has 1 saturated heterocycles. The third-order valence-corrected chi connectivity index (χ3v) is 6.68. The number of ether oxygens (including phenoxy) is 1. The van der Waals surface area contributed by atoms with E-state index in [4.69, 9.17) is 4.74 Å². The summed E-state index contributed by atoms with van der Waals surface area (Å²) in [6.45, 7) is 1.26. The van der Waals surface area contributed by atoms with Crippen LogP contribution in [0.25, 0.3) is 0 Å². The molecular formula is C20H22N2O5S. The fourth-order valence-corrected chi connectivity index (χ4v) is 4.70. The first-order chi connectivity index (χ1) is 13.5. The molecule has 1 heterocycles. The van der Waals surface area contributed by atoms with E-state index in [0.717, 1.165) is 0 Å². The van der Waals surface area contributed by atoms with Crippen LogP contribution in [0.2, 0.25) is 0 Å². The van der Waals surface area contributed by atoms with Crippen LogP contribution in [-0.2, 0) is 24.2 Å². The zero-order chi connectivity index (χ0) is 20.0. The van der Waals surface area contributed by atoms with Gasteiger partial charge in [0.15, 0.2) is 9.84 Å². The maximum atomic E-state index is 13.2. The Hall–Kier alpha value is -2.71. The number of amides is 2. The van der Waals surface area contributed by atoms with E-state index in [2.05, 4.69) is 5.32 Å². The summed E-state index contributed by atoms with van der Waals surface area (Å²) in [7, 11) is -3.76. The van der Waals surface area contributed by atoms with Gasteiger partial charge in [-0.15, -0.1) is 0 Å². The summed E-state index contributed by atoms with van der Waals surface area (Å²) in [6, 6.07) is 16.7. The minimum atomic E-state index is -3.76. The molecule has 1 aliphatic rings. The van der Waals surface area contributed by atoms with Crippen molar-refractivity contribution in [3.05, 3.63) is 66.2 Å². The number of nitrogens with zero attached hydrogens (tertiary/aromatic N) is 1. The molecular weight excluding hydrogens is 380 g/mol. The minimum Gasteiger partial charge on any atom is -0.378 e. The Balaban J connectivity index is 1.79. The third-order valence-electron chi connectivity index (χ3n) is 4.56. The lowest BCUT2D eigenvalue weighted by atomic mass is 10.1. The standard InChI is InChI=1S/C20H22N2O5S/c23-19(20(24)22-11-13-27-14-12-22)21-15-18(16-7-3-1-4-8-16)28(25,26)17-9-5-2-6-10-17/h1-10,18H,11-15H2,(H,21,23)/t18-/m0/s1. The second-order valence-corrected chi connectivity index (χ2v) is 8.50. The number of carbonyl (C=O) groups excluding carboxylic acids is 2. The summed E-state index contributed by atoms with van der Waals surface area (Å²) in [6.07, 6.45) is 0. The SMILES string of the molecule is O=C(NC[C@@H](c1ccccc1)S(=O)(=O)c1ccccc1)C(=O)N1CCOCC1. The highest BCUT2D eigenvalue weighted by molar-refractivity contribution is 7.91. The predicted molar refractivity (Wildman–Crippen MR) is 103 cm³/mol. The van der Waals surface area contributed by atoms with Crippen molar-refractivity contribution in [3.63, 3.8) is 0 Å². The molecule has 0 unspecified atom stereocenters. The summed E-state index contributed by atoms with van der Waals surface area (Å²) in [5.41, 5.74) is 0.547. The van der Waals surface area contributed by atoms with Gasteiger partial charge < -0.3 is 15.0 Å². The topological polar surface area (TPSA) is 92.8 Å². The minimum absolute atomic E-state index is 0.164. The number of carbonyl (C=O) groups is 2. The van der Waals surface area contributed by atoms with E-state index < -0.39 is 26.9 Å². The van der Waals surface area contributed by atoms with Crippen molar-refractivity contribution in [2.75, 3.05) is 32.8 Å². The molecule has 0 aliphatic carbocycles. The van der Waals surface area contributed by atoms with E-state index in [9.17, 15) is 18.0 Å². The third kappa shape index (κ3) is 4.58. The van der Waals surface area contributed by atoms with Gasteiger partial charge in [0.05, 0.1) is 18.1 Å². The fourth-order valence-electron chi connectivity index (χ4n) is 3.02. The maximum absolute atomic E-state index is 13.2. The molecule has 3 rings (SSSR count). The Labute approximate surface area is 164 Å². The van der Waals surface area contributed by atoms with E-state index in [1.54, 1.807) is 48.5 Å². The number of benzene rings is 2. The van der Waals surface area contributed by atoms with Crippen molar-refractivity contribution in [2.45, 2.75) is 10.1 Å². The summed E-state index contributed by atoms with van der Waals surface area (Å²) in [5, 5.41) is 1.50. The molecule has 2 amide bonds. The van der Waals surface area contributed by atoms with E-state index in [1.807, 2.05) is 0 Å². The van der Waals surface area contributed by atoms with Crippen molar-refractivity contribution < 1.29 is 22.7 Å². The van der Waals surface area contributed by atoms with E-state index >= 15 is 0 Å². The summed E-state index contributed by atoms with van der Waals surface area (Å²) >= 11 is 0. The lowest BCUT2D eigenvalue weighted by Crippen LogP contribution is -2.48. The molecule has 0 saturated carbocycles. The highest BCUT2D eigenvalue weighted by Crippen LogP contribution is 2.28. The fraction of sp³-hybridized carbons (Fsp3) is 0.300. The van der Waals surface area contributed by atoms with Crippen LogP contribution in [-0.4, -0.2) is 58.0 Å². The second-order valence-electron chi connectivity index (χ2n) is 6.37. The van der Waals surface area contributed by atoms with Gasteiger partial charge in [0, 0.05) is 19.6 Å². The quantitative estimate of drug-likeness (QED) is 0.758. The molecule has 148 valence electrons. The molecule has 7 nitrogen and oxygen atoms in total. The van der Waals surface area contributed by atoms with Crippen LogP contribution in [0.15, 0.2) is 65.6 Å². The average Bonchev–Trinajstić information content (AvgIpc) is 2.75. The monoisotopic (exact) mass is 402 g/mol.